The number of nitrogens with zero attached hydrogens (tertiary/aromatic N) is 4. The molecule has 0 aliphatic rings. The highest BCUT2D eigenvalue weighted by molar-refractivity contribution is 5.96. The summed E-state index contributed by atoms with van der Waals surface area (Å²) in [7, 11) is 1.46. The molecule has 1 amide bonds. The standard InChI is InChI=1S/C26H38FN5O4/c1-5-8-10-12-14-20(33)29-23-22-24(31-25(27)30-23)32(19-28-22)17-16-26(7-3,35-4)18-36-21(34)15-13-11-9-6-2/h3,19H,5-6,8-18H2,1-2,4H3,(H,29,30,31,33)/t26-/m0/s1. The van der Waals surface area contributed by atoms with Crippen LogP contribution in [0.25, 0.3) is 11.2 Å². The van der Waals surface area contributed by atoms with Crippen molar-refractivity contribution in [3.05, 3.63) is 12.4 Å². The number of anilines is 1. The van der Waals surface area contributed by atoms with Gasteiger partial charge in [-0.2, -0.15) is 14.4 Å². The number of aryl methyl sites for hydroxylation is 1. The lowest BCUT2D eigenvalue weighted by Crippen LogP contribution is -2.37. The van der Waals surface area contributed by atoms with Gasteiger partial charge >= 0.3 is 12.0 Å². The third-order valence-corrected chi connectivity index (χ3v) is 6.06. The van der Waals surface area contributed by atoms with Gasteiger partial charge in [-0.25, -0.2) is 4.98 Å². The summed E-state index contributed by atoms with van der Waals surface area (Å²) in [5, 5.41) is 2.65. The molecule has 9 nitrogen and oxygen atoms in total. The molecule has 1 atom stereocenters. The molecule has 2 aromatic rings. The lowest BCUT2D eigenvalue weighted by molar-refractivity contribution is -0.150. The smallest absolute Gasteiger partial charge is 0.312 e. The number of hydrogen-bond acceptors (Lipinski definition) is 7. The molecule has 0 spiro atoms. The molecule has 0 aliphatic carbocycles. The number of unbranched alkanes of at least 4 members (excludes halogenated alkanes) is 6. The van der Waals surface area contributed by atoms with E-state index < -0.39 is 11.7 Å². The number of amides is 1. The predicted octanol–water partition coefficient (Wildman–Crippen LogP) is 4.80. The van der Waals surface area contributed by atoms with Gasteiger partial charge in [-0.1, -0.05) is 58.3 Å². The van der Waals surface area contributed by atoms with Gasteiger partial charge in [0.25, 0.3) is 0 Å². The Morgan fingerprint density at radius 2 is 1.81 bits per heavy atom. The Kier molecular flexibility index (Phi) is 12.3. The highest BCUT2D eigenvalue weighted by Crippen LogP contribution is 2.22. The molecule has 0 unspecified atom stereocenters. The summed E-state index contributed by atoms with van der Waals surface area (Å²) in [5.41, 5.74) is -0.657. The average molecular weight is 504 g/mol. The minimum atomic E-state index is -1.16. The van der Waals surface area contributed by atoms with Crippen LogP contribution in [0.5, 0.6) is 0 Å². The van der Waals surface area contributed by atoms with Gasteiger partial charge in [-0.15, -0.1) is 6.42 Å². The fourth-order valence-corrected chi connectivity index (χ4v) is 3.75. The van der Waals surface area contributed by atoms with Gasteiger partial charge in [0.1, 0.15) is 6.61 Å². The van der Waals surface area contributed by atoms with Crippen molar-refractivity contribution in [1.82, 2.24) is 19.5 Å². The van der Waals surface area contributed by atoms with Gasteiger partial charge < -0.3 is 19.4 Å². The molecule has 0 saturated carbocycles. The normalized spacial score (nSPS) is 12.8. The van der Waals surface area contributed by atoms with Crippen LogP contribution in [0.4, 0.5) is 10.2 Å². The van der Waals surface area contributed by atoms with Crippen LogP contribution >= 0.6 is 0 Å². The first-order valence-electron chi connectivity index (χ1n) is 12.7. The number of imidazole rings is 1. The van der Waals surface area contributed by atoms with Crippen molar-refractivity contribution < 1.29 is 23.5 Å². The zero-order chi connectivity index (χ0) is 26.4. The number of nitrogens with one attached hydrogen (secondary N) is 1. The van der Waals surface area contributed by atoms with Crippen molar-refractivity contribution in [3.8, 4) is 12.3 Å². The van der Waals surface area contributed by atoms with E-state index in [4.69, 9.17) is 15.9 Å². The predicted molar refractivity (Wildman–Crippen MR) is 136 cm³/mol. The molecule has 2 heterocycles. The summed E-state index contributed by atoms with van der Waals surface area (Å²) in [6, 6.07) is 0. The van der Waals surface area contributed by atoms with Crippen molar-refractivity contribution in [2.45, 2.75) is 96.6 Å². The van der Waals surface area contributed by atoms with Crippen molar-refractivity contribution in [2.24, 2.45) is 0 Å². The van der Waals surface area contributed by atoms with E-state index in [9.17, 15) is 14.0 Å². The van der Waals surface area contributed by atoms with Crippen LogP contribution in [-0.2, 0) is 25.6 Å². The molecule has 2 aromatic heterocycles. The molecule has 0 radical (unpaired) electrons. The summed E-state index contributed by atoms with van der Waals surface area (Å²) in [5.74, 6) is 2.05. The Labute approximate surface area is 212 Å². The van der Waals surface area contributed by atoms with E-state index in [-0.39, 0.29) is 48.4 Å². The van der Waals surface area contributed by atoms with E-state index in [1.165, 1.54) is 13.4 Å². The fraction of sp³-hybridized carbons (Fsp3) is 0.654. The molecule has 1 N–H and O–H groups in total. The number of esters is 1. The minimum absolute atomic E-state index is 0.0312. The van der Waals surface area contributed by atoms with Crippen molar-refractivity contribution in [3.63, 3.8) is 0 Å². The largest absolute Gasteiger partial charge is 0.462 e. The Morgan fingerprint density at radius 1 is 1.11 bits per heavy atom. The van der Waals surface area contributed by atoms with E-state index in [1.807, 2.05) is 0 Å². The summed E-state index contributed by atoms with van der Waals surface area (Å²) in [6.07, 6.45) is 14.9. The first-order chi connectivity index (χ1) is 17.4. The fourth-order valence-electron chi connectivity index (χ4n) is 3.75. The van der Waals surface area contributed by atoms with E-state index in [0.717, 1.165) is 51.4 Å². The molecule has 2 rings (SSSR count). The van der Waals surface area contributed by atoms with Crippen LogP contribution in [0.1, 0.15) is 84.5 Å². The summed E-state index contributed by atoms with van der Waals surface area (Å²) < 4.78 is 26.7. The van der Waals surface area contributed by atoms with Gasteiger partial charge in [0.05, 0.1) is 6.33 Å². The Hall–Kier alpha value is -3.06. The Morgan fingerprint density at radius 3 is 2.44 bits per heavy atom. The summed E-state index contributed by atoms with van der Waals surface area (Å²) in [6.45, 7) is 4.37. The summed E-state index contributed by atoms with van der Waals surface area (Å²) >= 11 is 0. The number of carbonyl (C=O) groups is 2. The van der Waals surface area contributed by atoms with Crippen LogP contribution in [-0.4, -0.2) is 50.7 Å². The molecule has 0 bridgehead atoms. The first-order valence-corrected chi connectivity index (χ1v) is 12.7. The second kappa shape index (κ2) is 15.1. The average Bonchev–Trinajstić information content (AvgIpc) is 3.28. The van der Waals surface area contributed by atoms with E-state index in [2.05, 4.69) is 40.0 Å². The highest BCUT2D eigenvalue weighted by atomic mass is 19.1. The molecule has 0 fully saturated rings. The second-order valence-electron chi connectivity index (χ2n) is 8.87. The van der Waals surface area contributed by atoms with E-state index in [1.54, 1.807) is 4.57 Å². The maximum Gasteiger partial charge on any atom is 0.312 e. The zero-order valence-corrected chi connectivity index (χ0v) is 21.6. The molecular formula is C26H38FN5O4. The van der Waals surface area contributed by atoms with E-state index >= 15 is 0 Å². The third-order valence-electron chi connectivity index (χ3n) is 6.06. The number of aromatic nitrogens is 4. The quantitative estimate of drug-likeness (QED) is 0.143. The van der Waals surface area contributed by atoms with Crippen molar-refractivity contribution >= 4 is 28.9 Å². The molecule has 198 valence electrons. The number of ether oxygens (including phenoxy) is 2. The van der Waals surface area contributed by atoms with Crippen LogP contribution in [0, 0.1) is 18.4 Å². The monoisotopic (exact) mass is 503 g/mol. The molecule has 10 heteroatoms. The number of rotatable bonds is 17. The van der Waals surface area contributed by atoms with Gasteiger partial charge in [-0.3, -0.25) is 9.59 Å². The van der Waals surface area contributed by atoms with Gasteiger partial charge in [-0.05, 0) is 12.8 Å². The first kappa shape index (κ1) is 29.2. The van der Waals surface area contributed by atoms with Gasteiger partial charge in [0, 0.05) is 32.9 Å². The lowest BCUT2D eigenvalue weighted by atomic mass is 10.0. The Bertz CT molecular complexity index is 1040. The maximum absolute atomic E-state index is 14.2. The minimum Gasteiger partial charge on any atom is -0.462 e. The molecule has 36 heavy (non-hydrogen) atoms. The number of hydrogen-bond donors (Lipinski definition) is 1. The maximum atomic E-state index is 14.2. The molecule has 0 aliphatic heterocycles. The number of fused-ring (bicyclic) bond motifs is 1. The zero-order valence-electron chi connectivity index (χ0n) is 21.6. The van der Waals surface area contributed by atoms with Crippen LogP contribution < -0.4 is 5.32 Å². The van der Waals surface area contributed by atoms with Gasteiger partial charge in [0.15, 0.2) is 22.6 Å². The van der Waals surface area contributed by atoms with Crippen LogP contribution in [0.15, 0.2) is 6.33 Å². The van der Waals surface area contributed by atoms with Crippen molar-refractivity contribution in [2.75, 3.05) is 19.0 Å². The highest BCUT2D eigenvalue weighted by Gasteiger charge is 2.30. The lowest BCUT2D eigenvalue weighted by Gasteiger charge is -2.26. The van der Waals surface area contributed by atoms with E-state index in [0.29, 0.717) is 12.8 Å². The van der Waals surface area contributed by atoms with Crippen molar-refractivity contribution in [1.29, 1.82) is 0 Å². The molecular weight excluding hydrogens is 465 g/mol. The molecule has 0 aromatic carbocycles. The summed E-state index contributed by atoms with van der Waals surface area (Å²) in [4.78, 5) is 36.2. The molecule has 0 saturated heterocycles. The number of carbonyl (C=O) groups excluding carboxylic acids is 2. The SMILES string of the molecule is C#C[C@](CCn1cnc2c(NC(=O)CCCCCC)nc(F)nc21)(COC(=O)CCCCCC)OC. The third kappa shape index (κ3) is 8.86. The second-order valence-corrected chi connectivity index (χ2v) is 8.87. The van der Waals surface area contributed by atoms with Crippen LogP contribution in [0.2, 0.25) is 0 Å². The number of terminal acetylenes is 1. The number of methoxy groups -OCH3 is 1. The van der Waals surface area contributed by atoms with Gasteiger partial charge in [0.2, 0.25) is 5.91 Å². The number of halogens is 1. The van der Waals surface area contributed by atoms with Crippen LogP contribution in [0.3, 0.4) is 0 Å². The topological polar surface area (TPSA) is 108 Å². The Balaban J connectivity index is 2.04.